The van der Waals surface area contributed by atoms with Crippen molar-refractivity contribution in [2.75, 3.05) is 39.3 Å². The van der Waals surface area contributed by atoms with Crippen LogP contribution in [0.15, 0.2) is 29.2 Å². The highest BCUT2D eigenvalue weighted by molar-refractivity contribution is 7.89. The number of sulfonamides is 1. The van der Waals surface area contributed by atoms with Gasteiger partial charge in [-0.15, -0.1) is 0 Å². The summed E-state index contributed by atoms with van der Waals surface area (Å²) in [6, 6.07) is 4.21. The van der Waals surface area contributed by atoms with Crippen LogP contribution in [0.2, 0.25) is 0 Å². The molecule has 2 aromatic rings. The van der Waals surface area contributed by atoms with Gasteiger partial charge in [-0.05, 0) is 37.8 Å². The van der Waals surface area contributed by atoms with Crippen molar-refractivity contribution >= 4 is 16.1 Å². The minimum Gasteiger partial charge on any atom is -0.323 e. The number of aromatic nitrogens is 3. The summed E-state index contributed by atoms with van der Waals surface area (Å²) in [6.07, 6.45) is -0.436. The van der Waals surface area contributed by atoms with E-state index in [2.05, 4.69) is 15.2 Å². The van der Waals surface area contributed by atoms with E-state index in [1.165, 1.54) is 25.0 Å². The van der Waals surface area contributed by atoms with E-state index in [4.69, 9.17) is 0 Å². The number of halogens is 3. The summed E-state index contributed by atoms with van der Waals surface area (Å²) < 4.78 is 66.9. The lowest BCUT2D eigenvalue weighted by atomic mass is 9.57. The summed E-state index contributed by atoms with van der Waals surface area (Å²) in [5.41, 5.74) is -1.38. The number of H-pyrrole nitrogens is 1. The number of amides is 2. The van der Waals surface area contributed by atoms with Gasteiger partial charge >= 0.3 is 12.2 Å². The smallest absolute Gasteiger partial charge is 0.323 e. The number of aromatic amines is 1. The van der Waals surface area contributed by atoms with Crippen molar-refractivity contribution < 1.29 is 26.4 Å². The molecule has 9 nitrogen and oxygen atoms in total. The van der Waals surface area contributed by atoms with Gasteiger partial charge in [0.05, 0.1) is 10.5 Å². The molecule has 3 aliphatic heterocycles. The summed E-state index contributed by atoms with van der Waals surface area (Å²) in [5, 5.41) is 7.46. The van der Waals surface area contributed by atoms with E-state index < -0.39 is 26.7 Å². The van der Waals surface area contributed by atoms with Crippen LogP contribution in [-0.2, 0) is 16.2 Å². The molecular weight excluding hydrogens is 509 g/mol. The monoisotopic (exact) mass is 536 g/mol. The van der Waals surface area contributed by atoms with Gasteiger partial charge < -0.3 is 9.80 Å². The predicted octanol–water partition coefficient (Wildman–Crippen LogP) is 3.01. The van der Waals surface area contributed by atoms with E-state index in [9.17, 15) is 26.4 Å². The molecule has 5 fully saturated rings. The number of nitrogens with zero attached hydrogens (tertiary/aromatic N) is 5. The Labute approximate surface area is 212 Å². The molecule has 2 aliphatic carbocycles. The molecule has 4 heterocycles. The fraction of sp³-hybridized carbons (Fsp3) is 0.625. The molecule has 13 heteroatoms. The van der Waals surface area contributed by atoms with Gasteiger partial charge in [0.15, 0.2) is 5.82 Å². The third kappa shape index (κ3) is 3.68. The van der Waals surface area contributed by atoms with Gasteiger partial charge in [-0.25, -0.2) is 18.2 Å². The van der Waals surface area contributed by atoms with Crippen molar-refractivity contribution in [3.63, 3.8) is 0 Å². The summed E-state index contributed by atoms with van der Waals surface area (Å²) in [7, 11) is -4.26. The molecule has 0 bridgehead atoms. The lowest BCUT2D eigenvalue weighted by Crippen LogP contribution is -2.76. The Morgan fingerprint density at radius 3 is 2.19 bits per heavy atom. The van der Waals surface area contributed by atoms with E-state index in [-0.39, 0.29) is 30.0 Å². The van der Waals surface area contributed by atoms with Crippen molar-refractivity contribution in [3.05, 3.63) is 41.5 Å². The normalized spacial score (nSPS) is 24.9. The first-order valence-corrected chi connectivity index (χ1v) is 14.0. The Hall–Kier alpha value is -2.67. The molecule has 3 saturated heterocycles. The molecule has 198 valence electrons. The minimum absolute atomic E-state index is 0.0441. The summed E-state index contributed by atoms with van der Waals surface area (Å²) in [6.45, 7) is 2.51. The van der Waals surface area contributed by atoms with E-state index in [0.717, 1.165) is 40.9 Å². The summed E-state index contributed by atoms with van der Waals surface area (Å²) >= 11 is 0. The molecule has 2 amide bonds. The predicted molar refractivity (Wildman–Crippen MR) is 124 cm³/mol. The summed E-state index contributed by atoms with van der Waals surface area (Å²) in [4.78, 5) is 20.4. The molecule has 2 saturated carbocycles. The molecule has 1 aromatic heterocycles. The highest BCUT2D eigenvalue weighted by Crippen LogP contribution is 2.56. The molecule has 5 aliphatic rings. The molecule has 1 aromatic carbocycles. The van der Waals surface area contributed by atoms with Gasteiger partial charge in [0.1, 0.15) is 5.82 Å². The number of urea groups is 1. The van der Waals surface area contributed by atoms with Crippen LogP contribution in [0.1, 0.15) is 54.7 Å². The van der Waals surface area contributed by atoms with Gasteiger partial charge in [0.2, 0.25) is 10.0 Å². The quantitative estimate of drug-likeness (QED) is 0.647. The third-order valence-electron chi connectivity index (χ3n) is 8.69. The van der Waals surface area contributed by atoms with Gasteiger partial charge in [0, 0.05) is 61.9 Å². The number of rotatable bonds is 4. The zero-order valence-corrected chi connectivity index (χ0v) is 20.9. The van der Waals surface area contributed by atoms with Crippen LogP contribution in [-0.4, -0.2) is 83.0 Å². The van der Waals surface area contributed by atoms with Crippen LogP contribution in [0.3, 0.4) is 0 Å². The maximum atomic E-state index is 13.3. The molecule has 2 spiro atoms. The molecule has 7 rings (SSSR count). The first-order valence-electron chi connectivity index (χ1n) is 12.6. The maximum Gasteiger partial charge on any atom is 0.417 e. The Morgan fingerprint density at radius 2 is 1.57 bits per heavy atom. The second-order valence-corrected chi connectivity index (χ2v) is 13.6. The number of carbonyl (C=O) groups is 1. The van der Waals surface area contributed by atoms with Crippen LogP contribution in [0.5, 0.6) is 0 Å². The fourth-order valence-corrected chi connectivity index (χ4v) is 8.45. The van der Waals surface area contributed by atoms with Gasteiger partial charge in [-0.2, -0.15) is 22.6 Å². The van der Waals surface area contributed by atoms with Crippen LogP contribution in [0.25, 0.3) is 0 Å². The van der Waals surface area contributed by atoms with Crippen molar-refractivity contribution in [1.29, 1.82) is 0 Å². The van der Waals surface area contributed by atoms with Crippen LogP contribution >= 0.6 is 0 Å². The van der Waals surface area contributed by atoms with E-state index in [1.54, 1.807) is 4.90 Å². The number of likely N-dealkylation sites (tertiary alicyclic amines) is 2. The highest BCUT2D eigenvalue weighted by Gasteiger charge is 2.60. The molecule has 0 atom stereocenters. The van der Waals surface area contributed by atoms with Gasteiger partial charge in [0.25, 0.3) is 0 Å². The summed E-state index contributed by atoms with van der Waals surface area (Å²) in [5.74, 6) is 2.79. The number of alkyl halides is 3. The number of hydrogen-bond donors (Lipinski definition) is 1. The minimum atomic E-state index is -4.75. The average Bonchev–Trinajstić information content (AvgIpc) is 3.47. The molecular formula is C24H27F3N6O3S. The van der Waals surface area contributed by atoms with Crippen molar-refractivity contribution in [1.82, 2.24) is 29.3 Å². The van der Waals surface area contributed by atoms with Crippen molar-refractivity contribution in [2.45, 2.75) is 48.6 Å². The molecule has 0 unspecified atom stereocenters. The first kappa shape index (κ1) is 23.4. The highest BCUT2D eigenvalue weighted by atomic mass is 32.2. The lowest BCUT2D eigenvalue weighted by molar-refractivity contribution is -0.140. The zero-order valence-electron chi connectivity index (χ0n) is 20.0. The standard InChI is InChI=1S/C24H27F3N6O3S/c25-24(26,27)17-3-1-2-4-18(17)37(35,36)33-13-23(14-33)11-32(12-23)21(34)31-9-22(10-31)7-16(8-22)20-28-19(29-30-20)15-5-6-15/h1-4,15-16H,5-14H2,(H,28,29,30). The fourth-order valence-electron chi connectivity index (χ4n) is 6.57. The lowest BCUT2D eigenvalue weighted by Gasteiger charge is -2.63. The van der Waals surface area contributed by atoms with Crippen molar-refractivity contribution in [2.24, 2.45) is 10.8 Å². The molecule has 37 heavy (non-hydrogen) atoms. The molecule has 0 radical (unpaired) electrons. The Balaban J connectivity index is 0.902. The Kier molecular flexibility index (Phi) is 4.73. The largest absolute Gasteiger partial charge is 0.417 e. The second kappa shape index (κ2) is 7.46. The van der Waals surface area contributed by atoms with E-state index in [1.807, 2.05) is 4.90 Å². The van der Waals surface area contributed by atoms with E-state index >= 15 is 0 Å². The van der Waals surface area contributed by atoms with Gasteiger partial charge in [-0.3, -0.25) is 5.10 Å². The maximum absolute atomic E-state index is 13.3. The molecule has 1 N–H and O–H groups in total. The second-order valence-electron chi connectivity index (χ2n) is 11.7. The van der Waals surface area contributed by atoms with Crippen LogP contribution in [0, 0.1) is 10.8 Å². The average molecular weight is 537 g/mol. The van der Waals surface area contributed by atoms with Crippen molar-refractivity contribution in [3.8, 4) is 0 Å². The number of nitrogens with one attached hydrogen (secondary N) is 1. The zero-order chi connectivity index (χ0) is 25.8. The van der Waals surface area contributed by atoms with E-state index in [0.29, 0.717) is 38.0 Å². The number of benzene rings is 1. The van der Waals surface area contributed by atoms with Gasteiger partial charge in [-0.1, -0.05) is 12.1 Å². The van der Waals surface area contributed by atoms with Crippen LogP contribution in [0.4, 0.5) is 18.0 Å². The van der Waals surface area contributed by atoms with Crippen LogP contribution < -0.4 is 0 Å². The first-order chi connectivity index (χ1) is 17.5. The third-order valence-corrected chi connectivity index (χ3v) is 10.5. The Bertz CT molecular complexity index is 1360. The number of hydrogen-bond acceptors (Lipinski definition) is 5. The number of carbonyl (C=O) groups excluding carboxylic acids is 1. The topological polar surface area (TPSA) is 102 Å². The SMILES string of the molecule is O=C(N1CC2(CC(c3n[nH]c(C4CC4)n3)C2)C1)N1CC2(C1)CN(S(=O)(=O)c1ccccc1C(F)(F)F)C2. The Morgan fingerprint density at radius 1 is 0.946 bits per heavy atom.